The van der Waals surface area contributed by atoms with Crippen molar-refractivity contribution in [1.29, 1.82) is 0 Å². The monoisotopic (exact) mass is 489 g/mol. The van der Waals surface area contributed by atoms with Gasteiger partial charge in [-0.25, -0.2) is 0 Å². The average molecular weight is 490 g/mol. The quantitative estimate of drug-likeness (QED) is 0.410. The predicted molar refractivity (Wildman–Crippen MR) is 136 cm³/mol. The number of nitrogens with one attached hydrogen (secondary N) is 1. The molecule has 0 unspecified atom stereocenters. The van der Waals surface area contributed by atoms with Gasteiger partial charge in [0.2, 0.25) is 11.7 Å². The van der Waals surface area contributed by atoms with Crippen molar-refractivity contribution in [1.82, 2.24) is 9.97 Å². The molecular weight excluding hydrogens is 462 g/mol. The smallest absolute Gasteiger partial charge is 0.286 e. The Labute approximate surface area is 208 Å². The summed E-state index contributed by atoms with van der Waals surface area (Å²) in [7, 11) is 6.29. The van der Waals surface area contributed by atoms with Gasteiger partial charge in [-0.1, -0.05) is 18.2 Å². The summed E-state index contributed by atoms with van der Waals surface area (Å²) in [6.07, 6.45) is 0.770. The van der Waals surface area contributed by atoms with Crippen molar-refractivity contribution in [3.8, 4) is 34.5 Å². The van der Waals surface area contributed by atoms with Crippen LogP contribution in [0.5, 0.6) is 34.5 Å². The van der Waals surface area contributed by atoms with Gasteiger partial charge in [-0.2, -0.15) is 4.98 Å². The number of ether oxygens (including phenoxy) is 5. The van der Waals surface area contributed by atoms with E-state index in [-0.39, 0.29) is 11.1 Å². The summed E-state index contributed by atoms with van der Waals surface area (Å²) >= 11 is 0. The maximum Gasteiger partial charge on any atom is 0.286 e. The van der Waals surface area contributed by atoms with Gasteiger partial charge < -0.3 is 33.6 Å². The average Bonchev–Trinajstić information content (AvgIpc) is 2.91. The number of aromatic nitrogens is 2. The van der Waals surface area contributed by atoms with Crippen molar-refractivity contribution in [3.63, 3.8) is 0 Å². The van der Waals surface area contributed by atoms with Crippen LogP contribution in [-0.4, -0.2) is 45.0 Å². The molecule has 3 aromatic carbocycles. The fourth-order valence-electron chi connectivity index (χ4n) is 4.49. The second-order valence-electron chi connectivity index (χ2n) is 8.29. The highest BCUT2D eigenvalue weighted by atomic mass is 16.5. The van der Waals surface area contributed by atoms with Gasteiger partial charge in [0.15, 0.2) is 23.0 Å². The minimum absolute atomic E-state index is 0.249. The van der Waals surface area contributed by atoms with Gasteiger partial charge in [0.25, 0.3) is 5.56 Å². The van der Waals surface area contributed by atoms with Gasteiger partial charge in [-0.05, 0) is 41.8 Å². The van der Waals surface area contributed by atoms with Crippen LogP contribution >= 0.6 is 0 Å². The highest BCUT2D eigenvalue weighted by Gasteiger charge is 2.25. The molecule has 4 aromatic rings. The Morgan fingerprint density at radius 3 is 2.19 bits per heavy atom. The maximum absolute atomic E-state index is 13.4. The van der Waals surface area contributed by atoms with E-state index in [1.165, 1.54) is 12.7 Å². The summed E-state index contributed by atoms with van der Waals surface area (Å²) in [4.78, 5) is 23.1. The highest BCUT2D eigenvalue weighted by molar-refractivity contribution is 5.90. The first-order valence-electron chi connectivity index (χ1n) is 11.5. The molecule has 0 radical (unpaired) electrons. The van der Waals surface area contributed by atoms with Gasteiger partial charge in [-0.3, -0.25) is 4.79 Å². The van der Waals surface area contributed by atoms with Crippen LogP contribution in [0.15, 0.2) is 53.3 Å². The number of aromatic amines is 1. The molecule has 1 aromatic heterocycles. The zero-order valence-corrected chi connectivity index (χ0v) is 20.6. The maximum atomic E-state index is 13.4. The molecule has 1 aliphatic heterocycles. The highest BCUT2D eigenvalue weighted by Crippen LogP contribution is 2.44. The topological polar surface area (TPSA) is 95.1 Å². The molecule has 0 spiro atoms. The molecule has 0 atom stereocenters. The van der Waals surface area contributed by atoms with E-state index in [4.69, 9.17) is 23.7 Å². The van der Waals surface area contributed by atoms with Gasteiger partial charge in [0.05, 0.1) is 34.0 Å². The van der Waals surface area contributed by atoms with Gasteiger partial charge >= 0.3 is 0 Å². The molecule has 0 fully saturated rings. The Balaban J connectivity index is 1.59. The zero-order valence-electron chi connectivity index (χ0n) is 20.6. The molecule has 186 valence electrons. The Bertz CT molecular complexity index is 1470. The lowest BCUT2D eigenvalue weighted by Crippen LogP contribution is -2.33. The summed E-state index contributed by atoms with van der Waals surface area (Å²) in [5.41, 5.74) is 2.37. The van der Waals surface area contributed by atoms with Crippen LogP contribution in [0.1, 0.15) is 11.1 Å². The Morgan fingerprint density at radius 1 is 0.833 bits per heavy atom. The fraction of sp³-hybridized carbons (Fsp3) is 0.259. The number of nitrogens with zero attached hydrogens (tertiary/aromatic N) is 2. The summed E-state index contributed by atoms with van der Waals surface area (Å²) in [5.74, 6) is 3.40. The molecule has 5 rings (SSSR count). The Hall–Kier alpha value is -4.40. The van der Waals surface area contributed by atoms with E-state index in [0.717, 1.165) is 12.0 Å². The Kier molecular flexibility index (Phi) is 6.28. The van der Waals surface area contributed by atoms with E-state index in [2.05, 4.69) is 9.97 Å². The number of hydrogen-bond acceptors (Lipinski definition) is 8. The summed E-state index contributed by atoms with van der Waals surface area (Å²) in [6, 6.07) is 14.9. The zero-order chi connectivity index (χ0) is 25.2. The molecule has 0 aliphatic carbocycles. The number of para-hydroxylation sites is 1. The normalized spacial score (nSPS) is 12.7. The SMILES string of the molecule is COc1cc2c(cc1OC)CN(c1nc(=O)c3c(Oc4ccccc4)c(OC)c(OC)cc3[nH]1)CC2. The molecule has 0 amide bonds. The van der Waals surface area contributed by atoms with E-state index in [0.29, 0.717) is 53.3 Å². The molecule has 36 heavy (non-hydrogen) atoms. The molecule has 0 saturated carbocycles. The lowest BCUT2D eigenvalue weighted by molar-refractivity contribution is 0.338. The van der Waals surface area contributed by atoms with E-state index in [9.17, 15) is 4.79 Å². The van der Waals surface area contributed by atoms with Crippen LogP contribution in [0.2, 0.25) is 0 Å². The fourth-order valence-corrected chi connectivity index (χ4v) is 4.49. The number of methoxy groups -OCH3 is 4. The van der Waals surface area contributed by atoms with Gasteiger partial charge in [-0.15, -0.1) is 0 Å². The molecule has 0 bridgehead atoms. The molecule has 9 nitrogen and oxygen atoms in total. The minimum Gasteiger partial charge on any atom is -0.493 e. The third kappa shape index (κ3) is 4.13. The second kappa shape index (κ2) is 9.69. The third-order valence-electron chi connectivity index (χ3n) is 6.27. The van der Waals surface area contributed by atoms with Crippen molar-refractivity contribution < 1.29 is 23.7 Å². The molecule has 1 N–H and O–H groups in total. The van der Waals surface area contributed by atoms with Gasteiger partial charge in [0, 0.05) is 19.2 Å². The molecule has 1 aliphatic rings. The number of anilines is 1. The lowest BCUT2D eigenvalue weighted by atomic mass is 9.99. The third-order valence-corrected chi connectivity index (χ3v) is 6.27. The number of benzene rings is 3. The molecule has 2 heterocycles. The first-order chi connectivity index (χ1) is 17.6. The van der Waals surface area contributed by atoms with Crippen molar-refractivity contribution in [3.05, 3.63) is 70.0 Å². The number of rotatable bonds is 7. The van der Waals surface area contributed by atoms with Crippen molar-refractivity contribution in [2.75, 3.05) is 39.9 Å². The first-order valence-corrected chi connectivity index (χ1v) is 11.5. The van der Waals surface area contributed by atoms with Crippen LogP contribution < -0.4 is 34.1 Å². The van der Waals surface area contributed by atoms with Crippen molar-refractivity contribution in [2.45, 2.75) is 13.0 Å². The summed E-state index contributed by atoms with van der Waals surface area (Å²) in [5, 5.41) is 0.282. The molecule has 9 heteroatoms. The number of H-pyrrole nitrogens is 1. The predicted octanol–water partition coefficient (Wildman–Crippen LogP) is 4.31. The van der Waals surface area contributed by atoms with E-state index in [1.807, 2.05) is 35.2 Å². The first kappa shape index (κ1) is 23.3. The lowest BCUT2D eigenvalue weighted by Gasteiger charge is -2.30. The van der Waals surface area contributed by atoms with Gasteiger partial charge in [0.1, 0.15) is 11.1 Å². The second-order valence-corrected chi connectivity index (χ2v) is 8.29. The minimum atomic E-state index is -0.427. The van der Waals surface area contributed by atoms with Crippen LogP contribution in [0.3, 0.4) is 0 Å². The van der Waals surface area contributed by atoms with Crippen LogP contribution in [0, 0.1) is 0 Å². The van der Waals surface area contributed by atoms with Crippen molar-refractivity contribution >= 4 is 16.9 Å². The van der Waals surface area contributed by atoms with Crippen LogP contribution in [0.4, 0.5) is 5.95 Å². The van der Waals surface area contributed by atoms with Crippen molar-refractivity contribution in [2.24, 2.45) is 0 Å². The molecular formula is C27H27N3O6. The standard InChI is InChI=1S/C27H27N3O6/c1-32-20-12-16-10-11-30(15-17(16)13-21(20)33-2)27-28-19-14-22(34-3)24(35-4)25(23(19)26(31)29-27)36-18-8-6-5-7-9-18/h5-9,12-14H,10-11,15H2,1-4H3,(H,28,29,31). The van der Waals surface area contributed by atoms with Crippen LogP contribution in [-0.2, 0) is 13.0 Å². The van der Waals surface area contributed by atoms with Crippen LogP contribution in [0.25, 0.3) is 10.9 Å². The molecule has 0 saturated heterocycles. The van der Waals surface area contributed by atoms with E-state index >= 15 is 0 Å². The van der Waals surface area contributed by atoms with E-state index in [1.54, 1.807) is 39.5 Å². The number of fused-ring (bicyclic) bond motifs is 2. The summed E-state index contributed by atoms with van der Waals surface area (Å²) in [6.45, 7) is 1.24. The Morgan fingerprint density at radius 2 is 1.53 bits per heavy atom. The summed E-state index contributed by atoms with van der Waals surface area (Å²) < 4.78 is 28.1. The number of hydrogen-bond donors (Lipinski definition) is 1. The van der Waals surface area contributed by atoms with E-state index < -0.39 is 5.56 Å². The largest absolute Gasteiger partial charge is 0.493 e.